The molecule has 0 radical (unpaired) electrons. The molecule has 0 aromatic heterocycles. The number of nitrogens with two attached hydrogens (primary N) is 1. The van der Waals surface area contributed by atoms with E-state index in [1.54, 1.807) is 7.11 Å². The number of benzene rings is 1. The number of anilines is 1. The first kappa shape index (κ1) is 18.2. The maximum Gasteiger partial charge on any atom is 0.132 e. The highest BCUT2D eigenvalue weighted by Crippen LogP contribution is 2.27. The highest BCUT2D eigenvalue weighted by atomic mass is 35.5. The predicted molar refractivity (Wildman–Crippen MR) is 84.0 cm³/mol. The summed E-state index contributed by atoms with van der Waals surface area (Å²) < 4.78 is 5.38. The lowest BCUT2D eigenvalue weighted by Crippen LogP contribution is -2.62. The number of piperidine rings is 1. The second kappa shape index (κ2) is 7.10. The summed E-state index contributed by atoms with van der Waals surface area (Å²) in [5, 5.41) is 8.22. The van der Waals surface area contributed by atoms with Gasteiger partial charge in [0, 0.05) is 24.9 Å². The molecule has 0 bridgehead atoms. The molecular weight excluding hydrogens is 285 g/mol. The van der Waals surface area contributed by atoms with Gasteiger partial charge < -0.3 is 15.4 Å². The third-order valence-corrected chi connectivity index (χ3v) is 3.32. The quantitative estimate of drug-likeness (QED) is 0.882. The minimum atomic E-state index is -0.461. The molecule has 108 valence electrons. The van der Waals surface area contributed by atoms with E-state index in [2.05, 4.69) is 0 Å². The van der Waals surface area contributed by atoms with Crippen LogP contribution in [0.5, 0.6) is 0 Å². The first-order valence-corrected chi connectivity index (χ1v) is 5.79. The van der Waals surface area contributed by atoms with Crippen molar-refractivity contribution in [3.05, 3.63) is 30.3 Å². The highest BCUT2D eigenvalue weighted by molar-refractivity contribution is 6.00. The maximum atomic E-state index is 8.22. The number of hydrogen-bond donors (Lipinski definition) is 2. The minimum absolute atomic E-state index is 0. The van der Waals surface area contributed by atoms with Crippen molar-refractivity contribution in [2.75, 3.05) is 18.6 Å². The first-order chi connectivity index (χ1) is 8.06. The molecule has 1 saturated heterocycles. The third kappa shape index (κ3) is 3.60. The molecule has 1 fully saturated rings. The van der Waals surface area contributed by atoms with Crippen LogP contribution in [0, 0.1) is 5.41 Å². The van der Waals surface area contributed by atoms with Gasteiger partial charge in [-0.25, -0.2) is 0 Å². The van der Waals surface area contributed by atoms with E-state index < -0.39 is 5.54 Å². The number of nitrogens with one attached hydrogen (secondary N) is 1. The van der Waals surface area contributed by atoms with Crippen molar-refractivity contribution in [1.82, 2.24) is 0 Å². The summed E-state index contributed by atoms with van der Waals surface area (Å²) in [5.41, 5.74) is 6.73. The zero-order valence-corrected chi connectivity index (χ0v) is 12.8. The van der Waals surface area contributed by atoms with Crippen LogP contribution >= 0.6 is 24.8 Å². The van der Waals surface area contributed by atoms with E-state index in [-0.39, 0.29) is 30.9 Å². The van der Waals surface area contributed by atoms with Gasteiger partial charge in [-0.3, -0.25) is 5.41 Å². The van der Waals surface area contributed by atoms with E-state index in [1.165, 1.54) is 0 Å². The Labute approximate surface area is 126 Å². The van der Waals surface area contributed by atoms with Crippen LogP contribution in [-0.2, 0) is 4.74 Å². The number of hydrogen-bond acceptors (Lipinski definition) is 3. The monoisotopic (exact) mass is 305 g/mol. The summed E-state index contributed by atoms with van der Waals surface area (Å²) in [5.74, 6) is 0.440. The Bertz CT molecular complexity index is 412. The second-order valence-electron chi connectivity index (χ2n) is 4.74. The van der Waals surface area contributed by atoms with Gasteiger partial charge in [-0.1, -0.05) is 18.2 Å². The van der Waals surface area contributed by atoms with Gasteiger partial charge in [0.05, 0.1) is 0 Å². The number of nitrogens with zero attached hydrogens (tertiary/aromatic N) is 1. The largest absolute Gasteiger partial charge is 0.372 e. The molecule has 0 saturated carbocycles. The van der Waals surface area contributed by atoms with Crippen molar-refractivity contribution in [1.29, 1.82) is 5.41 Å². The predicted octanol–water partition coefficient (Wildman–Crippen LogP) is 2.45. The molecule has 19 heavy (non-hydrogen) atoms. The van der Waals surface area contributed by atoms with Crippen molar-refractivity contribution in [2.45, 2.75) is 25.0 Å². The number of amidine groups is 1. The molecule has 2 atom stereocenters. The topological polar surface area (TPSA) is 62.3 Å². The Morgan fingerprint density at radius 3 is 2.42 bits per heavy atom. The number of methoxy groups -OCH3 is 1. The SMILES string of the molecule is COC1C(=N)N(c2ccccc2)CCC1(C)N.Cl.Cl. The van der Waals surface area contributed by atoms with E-state index in [0.717, 1.165) is 18.7 Å². The Balaban J connectivity index is 0.00000162. The van der Waals surface area contributed by atoms with Gasteiger partial charge in [-0.15, -0.1) is 24.8 Å². The van der Waals surface area contributed by atoms with Crippen LogP contribution in [0.2, 0.25) is 0 Å². The molecule has 4 nitrogen and oxygen atoms in total. The smallest absolute Gasteiger partial charge is 0.132 e. The van der Waals surface area contributed by atoms with Gasteiger partial charge >= 0.3 is 0 Å². The number of para-hydroxylation sites is 1. The molecular formula is C13H21Cl2N3O. The molecule has 1 heterocycles. The standard InChI is InChI=1S/C13H19N3O.2ClH/c1-13(15)8-9-16(12(14)11(13)17-2)10-6-4-3-5-7-10;;/h3-7,11,14H,8-9,15H2,1-2H3;2*1H. The lowest BCUT2D eigenvalue weighted by Gasteiger charge is -2.43. The molecule has 2 rings (SSSR count). The fourth-order valence-electron chi connectivity index (χ4n) is 2.32. The van der Waals surface area contributed by atoms with Gasteiger partial charge in [0.2, 0.25) is 0 Å². The molecule has 0 aliphatic carbocycles. The molecule has 1 aromatic carbocycles. The summed E-state index contributed by atoms with van der Waals surface area (Å²) >= 11 is 0. The van der Waals surface area contributed by atoms with E-state index in [4.69, 9.17) is 15.9 Å². The highest BCUT2D eigenvalue weighted by Gasteiger charge is 2.40. The molecule has 1 aliphatic rings. The molecule has 1 aromatic rings. The first-order valence-electron chi connectivity index (χ1n) is 5.79. The average Bonchev–Trinajstić information content (AvgIpc) is 2.30. The Morgan fingerprint density at radius 2 is 1.89 bits per heavy atom. The van der Waals surface area contributed by atoms with Crippen molar-refractivity contribution < 1.29 is 4.74 Å². The summed E-state index contributed by atoms with van der Waals surface area (Å²) in [7, 11) is 1.61. The summed E-state index contributed by atoms with van der Waals surface area (Å²) in [4.78, 5) is 1.96. The van der Waals surface area contributed by atoms with Gasteiger partial charge in [0.1, 0.15) is 11.9 Å². The van der Waals surface area contributed by atoms with E-state index in [0.29, 0.717) is 5.84 Å². The molecule has 3 N–H and O–H groups in total. The van der Waals surface area contributed by atoms with Crippen LogP contribution in [0.3, 0.4) is 0 Å². The average molecular weight is 306 g/mol. The lowest BCUT2D eigenvalue weighted by molar-refractivity contribution is 0.0816. The van der Waals surface area contributed by atoms with Crippen molar-refractivity contribution in [3.63, 3.8) is 0 Å². The van der Waals surface area contributed by atoms with Gasteiger partial charge in [0.15, 0.2) is 0 Å². The normalized spacial score (nSPS) is 26.4. The van der Waals surface area contributed by atoms with Crippen LogP contribution in [0.15, 0.2) is 30.3 Å². The van der Waals surface area contributed by atoms with Crippen LogP contribution in [0.1, 0.15) is 13.3 Å². The van der Waals surface area contributed by atoms with Gasteiger partial charge in [-0.2, -0.15) is 0 Å². The molecule has 0 spiro atoms. The minimum Gasteiger partial charge on any atom is -0.372 e. The molecule has 0 amide bonds. The van der Waals surface area contributed by atoms with Crippen LogP contribution in [-0.4, -0.2) is 31.1 Å². The van der Waals surface area contributed by atoms with E-state index in [1.807, 2.05) is 42.2 Å². The number of ether oxygens (including phenoxy) is 1. The molecule has 2 unspecified atom stereocenters. The summed E-state index contributed by atoms with van der Waals surface area (Å²) in [6, 6.07) is 9.92. The van der Waals surface area contributed by atoms with Crippen molar-refractivity contribution in [2.24, 2.45) is 5.73 Å². The number of rotatable bonds is 2. The zero-order valence-electron chi connectivity index (χ0n) is 11.1. The number of halogens is 2. The van der Waals surface area contributed by atoms with Gasteiger partial charge in [-0.05, 0) is 25.5 Å². The van der Waals surface area contributed by atoms with Crippen LogP contribution in [0.4, 0.5) is 5.69 Å². The van der Waals surface area contributed by atoms with Crippen molar-refractivity contribution in [3.8, 4) is 0 Å². The van der Waals surface area contributed by atoms with Crippen LogP contribution < -0.4 is 10.6 Å². The van der Waals surface area contributed by atoms with E-state index in [9.17, 15) is 0 Å². The Hall–Kier alpha value is -0.810. The fraction of sp³-hybridized carbons (Fsp3) is 0.462. The lowest BCUT2D eigenvalue weighted by atomic mass is 9.86. The molecule has 1 aliphatic heterocycles. The summed E-state index contributed by atoms with van der Waals surface area (Å²) in [6.07, 6.45) is 0.458. The maximum absolute atomic E-state index is 8.22. The van der Waals surface area contributed by atoms with Crippen LogP contribution in [0.25, 0.3) is 0 Å². The molecule has 6 heteroatoms. The Morgan fingerprint density at radius 1 is 1.32 bits per heavy atom. The van der Waals surface area contributed by atoms with Crippen molar-refractivity contribution >= 4 is 36.3 Å². The van der Waals surface area contributed by atoms with Gasteiger partial charge in [0.25, 0.3) is 0 Å². The van der Waals surface area contributed by atoms with E-state index >= 15 is 0 Å². The third-order valence-electron chi connectivity index (χ3n) is 3.32. The fourth-order valence-corrected chi connectivity index (χ4v) is 2.32. The zero-order chi connectivity index (χ0) is 12.5. The summed E-state index contributed by atoms with van der Waals surface area (Å²) in [6.45, 7) is 2.70. The second-order valence-corrected chi connectivity index (χ2v) is 4.74. The Kier molecular flexibility index (Phi) is 6.80.